The molecule has 1 rings (SSSR count). The van der Waals surface area contributed by atoms with Gasteiger partial charge < -0.3 is 31.9 Å². The molecule has 10 nitrogen and oxygen atoms in total. The van der Waals surface area contributed by atoms with Crippen LogP contribution in [0, 0.1) is 5.92 Å². The fourth-order valence-electron chi connectivity index (χ4n) is 2.68. The van der Waals surface area contributed by atoms with Crippen LogP contribution in [-0.4, -0.2) is 64.7 Å². The van der Waals surface area contributed by atoms with E-state index in [0.717, 1.165) is 5.56 Å². The molecule has 7 N–H and O–H groups in total. The SMILES string of the molecule is CC(C)C(NC(=O)C(N)Cc1ccccc1)C(=O)NC(C(=O)NCC(=O)O)C(C)O. The minimum absolute atomic E-state index is 0.285. The van der Waals surface area contributed by atoms with Crippen LogP contribution in [0.2, 0.25) is 0 Å². The van der Waals surface area contributed by atoms with Gasteiger partial charge in [-0.3, -0.25) is 19.2 Å². The van der Waals surface area contributed by atoms with Gasteiger partial charge in [0.05, 0.1) is 12.1 Å². The molecule has 0 fully saturated rings. The average molecular weight is 422 g/mol. The van der Waals surface area contributed by atoms with Gasteiger partial charge in [0.2, 0.25) is 17.7 Å². The summed E-state index contributed by atoms with van der Waals surface area (Å²) in [6, 6.07) is 5.91. The highest BCUT2D eigenvalue weighted by Gasteiger charge is 2.32. The number of carboxylic acid groups (broad SMARTS) is 1. The molecule has 0 aliphatic carbocycles. The molecule has 0 aliphatic rings. The topological polar surface area (TPSA) is 171 Å². The number of aliphatic hydroxyl groups excluding tert-OH is 1. The molecule has 0 radical (unpaired) electrons. The molecule has 0 aromatic heterocycles. The Morgan fingerprint density at radius 1 is 0.933 bits per heavy atom. The van der Waals surface area contributed by atoms with Crippen LogP contribution in [0.25, 0.3) is 0 Å². The summed E-state index contributed by atoms with van der Waals surface area (Å²) in [5, 5.41) is 25.5. The van der Waals surface area contributed by atoms with E-state index in [1.165, 1.54) is 6.92 Å². The predicted molar refractivity (Wildman–Crippen MR) is 109 cm³/mol. The van der Waals surface area contributed by atoms with Crippen LogP contribution in [0.3, 0.4) is 0 Å². The third-order valence-electron chi connectivity index (χ3n) is 4.36. The standard InChI is InChI=1S/C20H30N4O6/c1-11(2)16(23-18(28)14(21)9-13-7-5-4-6-8-13)20(30)24-17(12(3)25)19(29)22-10-15(26)27/h4-8,11-12,14,16-17,25H,9-10,21H2,1-3H3,(H,22,29)(H,23,28)(H,24,30)(H,26,27). The summed E-state index contributed by atoms with van der Waals surface area (Å²) in [5.41, 5.74) is 6.83. The second-order valence-electron chi connectivity index (χ2n) is 7.36. The van der Waals surface area contributed by atoms with Gasteiger partial charge in [-0.2, -0.15) is 0 Å². The maximum atomic E-state index is 12.7. The quantitative estimate of drug-likeness (QED) is 0.259. The lowest BCUT2D eigenvalue weighted by Gasteiger charge is -2.27. The Balaban J connectivity index is 2.79. The average Bonchev–Trinajstić information content (AvgIpc) is 2.68. The number of aliphatic hydroxyl groups is 1. The number of carboxylic acids is 1. The molecular formula is C20H30N4O6. The Labute approximate surface area is 175 Å². The van der Waals surface area contributed by atoms with Crippen LogP contribution in [0.1, 0.15) is 26.3 Å². The maximum Gasteiger partial charge on any atom is 0.322 e. The monoisotopic (exact) mass is 422 g/mol. The van der Waals surface area contributed by atoms with E-state index in [2.05, 4.69) is 16.0 Å². The highest BCUT2D eigenvalue weighted by Crippen LogP contribution is 2.06. The van der Waals surface area contributed by atoms with Gasteiger partial charge in [-0.1, -0.05) is 44.2 Å². The first-order valence-corrected chi connectivity index (χ1v) is 9.60. The highest BCUT2D eigenvalue weighted by atomic mass is 16.4. The van der Waals surface area contributed by atoms with Crippen molar-refractivity contribution in [2.45, 2.75) is 51.4 Å². The molecule has 0 aliphatic heterocycles. The molecule has 1 aromatic rings. The molecule has 166 valence electrons. The van der Waals surface area contributed by atoms with Crippen LogP contribution in [0.15, 0.2) is 30.3 Å². The number of benzene rings is 1. The van der Waals surface area contributed by atoms with Gasteiger partial charge in [-0.25, -0.2) is 0 Å². The fraction of sp³-hybridized carbons (Fsp3) is 0.500. The van der Waals surface area contributed by atoms with Crippen LogP contribution in [0.5, 0.6) is 0 Å². The summed E-state index contributed by atoms with van der Waals surface area (Å²) >= 11 is 0. The number of hydrogen-bond donors (Lipinski definition) is 6. The second kappa shape index (κ2) is 11.9. The third-order valence-corrected chi connectivity index (χ3v) is 4.36. The van der Waals surface area contributed by atoms with Crippen molar-refractivity contribution >= 4 is 23.7 Å². The number of nitrogens with one attached hydrogen (secondary N) is 3. The van der Waals surface area contributed by atoms with Crippen LogP contribution in [-0.2, 0) is 25.6 Å². The summed E-state index contributed by atoms with van der Waals surface area (Å²) < 4.78 is 0. The Kier molecular flexibility index (Phi) is 9.93. The van der Waals surface area contributed by atoms with Crippen molar-refractivity contribution in [1.29, 1.82) is 0 Å². The summed E-state index contributed by atoms with van der Waals surface area (Å²) in [6.07, 6.45) is -1.00. The van der Waals surface area contributed by atoms with Gasteiger partial charge in [0, 0.05) is 0 Å². The predicted octanol–water partition coefficient (Wildman–Crippen LogP) is -1.24. The van der Waals surface area contributed by atoms with Crippen LogP contribution in [0.4, 0.5) is 0 Å². The van der Waals surface area contributed by atoms with E-state index in [1.54, 1.807) is 13.8 Å². The number of carbonyl (C=O) groups excluding carboxylic acids is 3. The first-order valence-electron chi connectivity index (χ1n) is 9.60. The number of amides is 3. The molecule has 0 saturated heterocycles. The lowest BCUT2D eigenvalue weighted by Crippen LogP contribution is -2.60. The van der Waals surface area contributed by atoms with Crippen LogP contribution >= 0.6 is 0 Å². The van der Waals surface area contributed by atoms with Crippen molar-refractivity contribution in [2.75, 3.05) is 6.54 Å². The van der Waals surface area contributed by atoms with Crippen molar-refractivity contribution in [3.63, 3.8) is 0 Å². The molecule has 0 bridgehead atoms. The van der Waals surface area contributed by atoms with Crippen molar-refractivity contribution in [2.24, 2.45) is 11.7 Å². The number of nitrogens with two attached hydrogens (primary N) is 1. The molecule has 10 heteroatoms. The van der Waals surface area contributed by atoms with Gasteiger partial charge >= 0.3 is 5.97 Å². The minimum Gasteiger partial charge on any atom is -0.480 e. The van der Waals surface area contributed by atoms with Gasteiger partial charge in [0.1, 0.15) is 18.6 Å². The summed E-state index contributed by atoms with van der Waals surface area (Å²) in [6.45, 7) is 4.03. The zero-order valence-electron chi connectivity index (χ0n) is 17.3. The zero-order valence-corrected chi connectivity index (χ0v) is 17.3. The van der Waals surface area contributed by atoms with Gasteiger partial charge in [0.15, 0.2) is 0 Å². The van der Waals surface area contributed by atoms with E-state index in [4.69, 9.17) is 10.8 Å². The van der Waals surface area contributed by atoms with E-state index in [0.29, 0.717) is 0 Å². The Bertz CT molecular complexity index is 738. The summed E-state index contributed by atoms with van der Waals surface area (Å²) in [7, 11) is 0. The number of aliphatic carboxylic acids is 1. The molecule has 0 spiro atoms. The Hall–Kier alpha value is -2.98. The van der Waals surface area contributed by atoms with E-state index < -0.39 is 54.5 Å². The Morgan fingerprint density at radius 3 is 2.00 bits per heavy atom. The van der Waals surface area contributed by atoms with Gasteiger partial charge in [-0.05, 0) is 24.8 Å². The van der Waals surface area contributed by atoms with E-state index in [9.17, 15) is 24.3 Å². The molecule has 0 saturated carbocycles. The first kappa shape index (κ1) is 25.1. The molecule has 4 atom stereocenters. The smallest absolute Gasteiger partial charge is 0.322 e. The molecule has 0 heterocycles. The highest BCUT2D eigenvalue weighted by molar-refractivity contribution is 5.94. The van der Waals surface area contributed by atoms with Crippen molar-refractivity contribution in [3.8, 4) is 0 Å². The minimum atomic E-state index is -1.38. The summed E-state index contributed by atoms with van der Waals surface area (Å²) in [4.78, 5) is 47.9. The molecular weight excluding hydrogens is 392 g/mol. The first-order chi connectivity index (χ1) is 14.0. The lowest BCUT2D eigenvalue weighted by molar-refractivity contribution is -0.139. The third kappa shape index (κ3) is 8.18. The van der Waals surface area contributed by atoms with E-state index in [-0.39, 0.29) is 12.3 Å². The van der Waals surface area contributed by atoms with E-state index >= 15 is 0 Å². The molecule has 1 aromatic carbocycles. The van der Waals surface area contributed by atoms with E-state index in [1.807, 2.05) is 30.3 Å². The van der Waals surface area contributed by atoms with Crippen LogP contribution < -0.4 is 21.7 Å². The Morgan fingerprint density at radius 2 is 1.50 bits per heavy atom. The molecule has 3 amide bonds. The number of rotatable bonds is 11. The second-order valence-corrected chi connectivity index (χ2v) is 7.36. The maximum absolute atomic E-state index is 12.7. The van der Waals surface area contributed by atoms with Crippen molar-refractivity contribution < 1.29 is 29.4 Å². The molecule has 4 unspecified atom stereocenters. The number of hydrogen-bond acceptors (Lipinski definition) is 6. The zero-order chi connectivity index (χ0) is 22.8. The van der Waals surface area contributed by atoms with Crippen molar-refractivity contribution in [1.82, 2.24) is 16.0 Å². The fourth-order valence-corrected chi connectivity index (χ4v) is 2.68. The summed E-state index contributed by atoms with van der Waals surface area (Å²) in [5.74, 6) is -3.68. The normalized spacial score (nSPS) is 14.9. The van der Waals surface area contributed by atoms with Gasteiger partial charge in [-0.15, -0.1) is 0 Å². The van der Waals surface area contributed by atoms with Crippen molar-refractivity contribution in [3.05, 3.63) is 35.9 Å². The molecule has 30 heavy (non-hydrogen) atoms. The lowest BCUT2D eigenvalue weighted by atomic mass is 10.0. The van der Waals surface area contributed by atoms with Gasteiger partial charge in [0.25, 0.3) is 0 Å². The largest absolute Gasteiger partial charge is 0.480 e. The number of carbonyl (C=O) groups is 4.